The van der Waals surface area contributed by atoms with Crippen molar-refractivity contribution in [1.82, 2.24) is 4.90 Å². The van der Waals surface area contributed by atoms with Crippen LogP contribution in [0.1, 0.15) is 75.2 Å². The van der Waals surface area contributed by atoms with Crippen molar-refractivity contribution in [1.29, 1.82) is 0 Å². The van der Waals surface area contributed by atoms with Crippen molar-refractivity contribution in [3.05, 3.63) is 59.7 Å². The first kappa shape index (κ1) is 24.3. The predicted molar refractivity (Wildman–Crippen MR) is 140 cm³/mol. The lowest BCUT2D eigenvalue weighted by atomic mass is 9.86. The minimum absolute atomic E-state index is 0.0843. The highest BCUT2D eigenvalue weighted by Gasteiger charge is 2.23. The second kappa shape index (κ2) is 10.6. The van der Waals surface area contributed by atoms with Crippen molar-refractivity contribution in [2.45, 2.75) is 64.7 Å². The molecule has 1 N–H and O–H groups in total. The topological polar surface area (TPSA) is 52.7 Å². The summed E-state index contributed by atoms with van der Waals surface area (Å²) in [5.41, 5.74) is 4.07. The number of nitrogens with zero attached hydrogens (tertiary/aromatic N) is 2. The van der Waals surface area contributed by atoms with E-state index in [4.69, 9.17) is 0 Å². The lowest BCUT2D eigenvalue weighted by Gasteiger charge is -2.36. The number of carbonyl (C=O) groups excluding carboxylic acids is 2. The number of anilines is 2. The molecule has 0 bridgehead atoms. The van der Waals surface area contributed by atoms with E-state index in [1.807, 2.05) is 29.2 Å². The van der Waals surface area contributed by atoms with Crippen LogP contribution in [0.3, 0.4) is 0 Å². The van der Waals surface area contributed by atoms with E-state index in [-0.39, 0.29) is 17.2 Å². The van der Waals surface area contributed by atoms with E-state index in [0.717, 1.165) is 42.4 Å². The maximum atomic E-state index is 13.0. The number of piperazine rings is 1. The summed E-state index contributed by atoms with van der Waals surface area (Å²) < 4.78 is 0. The van der Waals surface area contributed by atoms with Gasteiger partial charge in [-0.3, -0.25) is 9.59 Å². The molecule has 2 fully saturated rings. The molecular weight excluding hydrogens is 422 g/mol. The fourth-order valence-corrected chi connectivity index (χ4v) is 5.08. The molecule has 5 nitrogen and oxygen atoms in total. The highest BCUT2D eigenvalue weighted by molar-refractivity contribution is 5.94. The number of nitrogens with one attached hydrogen (secondary N) is 1. The molecule has 2 aromatic carbocycles. The van der Waals surface area contributed by atoms with Gasteiger partial charge in [0.25, 0.3) is 5.91 Å². The molecule has 0 aromatic heterocycles. The molecule has 1 aliphatic carbocycles. The Morgan fingerprint density at radius 3 is 2.09 bits per heavy atom. The predicted octanol–water partition coefficient (Wildman–Crippen LogP) is 5.86. The van der Waals surface area contributed by atoms with Crippen LogP contribution in [-0.4, -0.2) is 42.9 Å². The lowest BCUT2D eigenvalue weighted by molar-refractivity contribution is -0.116. The van der Waals surface area contributed by atoms with Crippen LogP contribution < -0.4 is 10.2 Å². The Labute approximate surface area is 204 Å². The third-order valence-corrected chi connectivity index (χ3v) is 7.34. The summed E-state index contributed by atoms with van der Waals surface area (Å²) in [7, 11) is 0. The van der Waals surface area contributed by atoms with Crippen molar-refractivity contribution >= 4 is 23.2 Å². The summed E-state index contributed by atoms with van der Waals surface area (Å²) in [5.74, 6) is 0.958. The zero-order valence-corrected chi connectivity index (χ0v) is 21.0. The number of hydrogen-bond donors (Lipinski definition) is 1. The summed E-state index contributed by atoms with van der Waals surface area (Å²) in [4.78, 5) is 29.5. The monoisotopic (exact) mass is 461 g/mol. The van der Waals surface area contributed by atoms with E-state index in [0.29, 0.717) is 19.5 Å². The lowest BCUT2D eigenvalue weighted by Crippen LogP contribution is -2.48. The van der Waals surface area contributed by atoms with E-state index in [1.165, 1.54) is 31.2 Å². The van der Waals surface area contributed by atoms with Gasteiger partial charge in [0.1, 0.15) is 0 Å². The average molecular weight is 462 g/mol. The van der Waals surface area contributed by atoms with E-state index in [9.17, 15) is 9.59 Å². The first-order valence-electron chi connectivity index (χ1n) is 12.8. The van der Waals surface area contributed by atoms with Crippen molar-refractivity contribution < 1.29 is 9.59 Å². The molecule has 2 amide bonds. The molecule has 4 rings (SSSR count). The van der Waals surface area contributed by atoms with E-state index < -0.39 is 0 Å². The SMILES string of the molecule is CC(C)(C)c1ccc(C(=O)N2CCN(c3ccc(NC(=O)CCC4CCCC4)cc3)CC2)cc1. The third-order valence-electron chi connectivity index (χ3n) is 7.34. The quantitative estimate of drug-likeness (QED) is 0.587. The molecule has 0 spiro atoms. The molecule has 34 heavy (non-hydrogen) atoms. The Hall–Kier alpha value is -2.82. The molecule has 1 aliphatic heterocycles. The molecule has 1 saturated heterocycles. The van der Waals surface area contributed by atoms with Crippen LogP contribution in [0.4, 0.5) is 11.4 Å². The van der Waals surface area contributed by atoms with Gasteiger partial charge in [-0.15, -0.1) is 0 Å². The normalized spacial score (nSPS) is 17.1. The van der Waals surface area contributed by atoms with Gasteiger partial charge in [-0.2, -0.15) is 0 Å². The van der Waals surface area contributed by atoms with Crippen LogP contribution in [0.25, 0.3) is 0 Å². The van der Waals surface area contributed by atoms with E-state index >= 15 is 0 Å². The van der Waals surface area contributed by atoms with Gasteiger partial charge in [0.15, 0.2) is 0 Å². The van der Waals surface area contributed by atoms with Crippen LogP contribution in [0.5, 0.6) is 0 Å². The number of carbonyl (C=O) groups is 2. The molecular formula is C29H39N3O2. The van der Waals surface area contributed by atoms with Crippen LogP contribution in [0.2, 0.25) is 0 Å². The highest BCUT2D eigenvalue weighted by atomic mass is 16.2. The van der Waals surface area contributed by atoms with Gasteiger partial charge >= 0.3 is 0 Å². The van der Waals surface area contributed by atoms with Crippen molar-refractivity contribution in [3.8, 4) is 0 Å². The summed E-state index contributed by atoms with van der Waals surface area (Å²) in [6.07, 6.45) is 6.82. The van der Waals surface area contributed by atoms with Gasteiger partial charge in [-0.25, -0.2) is 0 Å². The zero-order chi connectivity index (χ0) is 24.1. The Morgan fingerprint density at radius 2 is 1.50 bits per heavy atom. The third kappa shape index (κ3) is 6.19. The first-order chi connectivity index (χ1) is 16.3. The second-order valence-corrected chi connectivity index (χ2v) is 10.9. The van der Waals surface area contributed by atoms with Crippen LogP contribution >= 0.6 is 0 Å². The van der Waals surface area contributed by atoms with Gasteiger partial charge in [0, 0.05) is 49.5 Å². The minimum Gasteiger partial charge on any atom is -0.368 e. The standard InChI is InChI=1S/C29H39N3O2/c1-29(2,3)24-11-9-23(10-12-24)28(34)32-20-18-31(19-21-32)26-15-13-25(14-16-26)30-27(33)17-8-22-6-4-5-7-22/h9-16,22H,4-8,17-21H2,1-3H3,(H,30,33). The largest absolute Gasteiger partial charge is 0.368 e. The van der Waals surface area contributed by atoms with Gasteiger partial charge in [0.2, 0.25) is 5.91 Å². The molecule has 2 aromatic rings. The molecule has 1 saturated carbocycles. The number of benzene rings is 2. The smallest absolute Gasteiger partial charge is 0.253 e. The zero-order valence-electron chi connectivity index (χ0n) is 21.0. The summed E-state index contributed by atoms with van der Waals surface area (Å²) >= 11 is 0. The molecule has 0 radical (unpaired) electrons. The molecule has 1 heterocycles. The molecule has 0 unspecified atom stereocenters. The minimum atomic E-state index is 0.0843. The number of amides is 2. The highest BCUT2D eigenvalue weighted by Crippen LogP contribution is 2.29. The Bertz CT molecular complexity index is 962. The number of hydrogen-bond acceptors (Lipinski definition) is 3. The fraction of sp³-hybridized carbons (Fsp3) is 0.517. The van der Waals surface area contributed by atoms with Crippen molar-refractivity contribution in [2.24, 2.45) is 5.92 Å². The van der Waals surface area contributed by atoms with Crippen LogP contribution in [-0.2, 0) is 10.2 Å². The molecule has 0 atom stereocenters. The average Bonchev–Trinajstić information content (AvgIpc) is 3.36. The fourth-order valence-electron chi connectivity index (χ4n) is 5.08. The summed E-state index contributed by atoms with van der Waals surface area (Å²) in [5, 5.41) is 3.04. The van der Waals surface area contributed by atoms with Gasteiger partial charge < -0.3 is 15.1 Å². The first-order valence-corrected chi connectivity index (χ1v) is 12.8. The van der Waals surface area contributed by atoms with E-state index in [2.05, 4.69) is 55.3 Å². The van der Waals surface area contributed by atoms with Crippen molar-refractivity contribution in [3.63, 3.8) is 0 Å². The summed E-state index contributed by atoms with van der Waals surface area (Å²) in [6, 6.07) is 16.1. The van der Waals surface area contributed by atoms with Crippen molar-refractivity contribution in [2.75, 3.05) is 36.4 Å². The maximum Gasteiger partial charge on any atom is 0.253 e. The van der Waals surface area contributed by atoms with E-state index in [1.54, 1.807) is 0 Å². The van der Waals surface area contributed by atoms with Gasteiger partial charge in [-0.05, 0) is 59.7 Å². The van der Waals surface area contributed by atoms with Crippen LogP contribution in [0.15, 0.2) is 48.5 Å². The van der Waals surface area contributed by atoms with Crippen LogP contribution in [0, 0.1) is 5.92 Å². The summed E-state index contributed by atoms with van der Waals surface area (Å²) in [6.45, 7) is 9.57. The Kier molecular flexibility index (Phi) is 7.60. The Balaban J connectivity index is 1.25. The second-order valence-electron chi connectivity index (χ2n) is 10.9. The Morgan fingerprint density at radius 1 is 0.882 bits per heavy atom. The van der Waals surface area contributed by atoms with Gasteiger partial charge in [-0.1, -0.05) is 58.6 Å². The van der Waals surface area contributed by atoms with Gasteiger partial charge in [0.05, 0.1) is 0 Å². The number of rotatable bonds is 6. The maximum absolute atomic E-state index is 13.0. The molecule has 2 aliphatic rings. The molecule has 5 heteroatoms. The molecule has 182 valence electrons.